The van der Waals surface area contributed by atoms with E-state index in [2.05, 4.69) is 39.5 Å². The normalized spacial score (nSPS) is 18.5. The third-order valence-electron chi connectivity index (χ3n) is 8.56. The predicted molar refractivity (Wildman–Crippen MR) is 157 cm³/mol. The quantitative estimate of drug-likeness (QED) is 0.282. The second kappa shape index (κ2) is 12.1. The molecule has 1 N–H and O–H groups in total. The molecule has 0 atom stereocenters. The smallest absolute Gasteiger partial charge is 0.381 e. The maximum absolute atomic E-state index is 13.2. The average molecular weight is 581 g/mol. The van der Waals surface area contributed by atoms with Crippen LogP contribution in [0.4, 0.5) is 18.9 Å². The molecular weight excluding hydrogens is 545 g/mol. The number of pyridine rings is 1. The van der Waals surface area contributed by atoms with Crippen molar-refractivity contribution < 1.29 is 17.9 Å². The first-order chi connectivity index (χ1) is 19.8. The number of aromatic nitrogens is 1. The molecule has 216 valence electrons. The van der Waals surface area contributed by atoms with Crippen LogP contribution in [-0.2, 0) is 30.7 Å². The molecule has 5 nitrogen and oxygen atoms in total. The Labute approximate surface area is 243 Å². The lowest BCUT2D eigenvalue weighted by molar-refractivity contribution is -0.126. The molecule has 3 aromatic rings. The van der Waals surface area contributed by atoms with Crippen LogP contribution >= 0.6 is 11.3 Å². The van der Waals surface area contributed by atoms with E-state index >= 15 is 0 Å². The first-order valence-electron chi connectivity index (χ1n) is 14.6. The standard InChI is InChI=1S/C32H35F3N4OS/c33-32(34,35)15-28-14-29-30(26(17-37-31(29)41-28)20-40-19-21-3-1-2-4-21)38-27-7-9-39(10-8-27)18-22-5-6-24-12-23(16-36)13-25(24)11-22/h5-6,11,13-14,17,21,27H,1-4,7-10,12,15,18-20H2,(H,37,38). The molecule has 2 aliphatic carbocycles. The minimum Gasteiger partial charge on any atom is -0.381 e. The van der Waals surface area contributed by atoms with Crippen LogP contribution in [0.25, 0.3) is 16.3 Å². The summed E-state index contributed by atoms with van der Waals surface area (Å²) >= 11 is 1.12. The van der Waals surface area contributed by atoms with Crippen molar-refractivity contribution in [2.24, 2.45) is 5.92 Å². The van der Waals surface area contributed by atoms with Gasteiger partial charge in [-0.05, 0) is 60.4 Å². The number of thiophene rings is 1. The summed E-state index contributed by atoms with van der Waals surface area (Å²) in [5, 5.41) is 13.7. The topological polar surface area (TPSA) is 61.2 Å². The first kappa shape index (κ1) is 28.2. The number of benzene rings is 1. The number of ether oxygens (including phenoxy) is 1. The molecule has 0 unspecified atom stereocenters. The van der Waals surface area contributed by atoms with Gasteiger partial charge < -0.3 is 10.1 Å². The molecule has 3 heterocycles. The van der Waals surface area contributed by atoms with Gasteiger partial charge in [-0.2, -0.15) is 18.4 Å². The van der Waals surface area contributed by atoms with Crippen molar-refractivity contribution in [3.63, 3.8) is 0 Å². The molecule has 0 bridgehead atoms. The van der Waals surface area contributed by atoms with Crippen molar-refractivity contribution in [3.05, 3.63) is 63.2 Å². The number of hydrogen-bond acceptors (Lipinski definition) is 6. The van der Waals surface area contributed by atoms with E-state index in [1.165, 1.54) is 36.8 Å². The molecule has 41 heavy (non-hydrogen) atoms. The molecule has 6 rings (SSSR count). The number of rotatable bonds is 9. The zero-order valence-corrected chi connectivity index (χ0v) is 23.9. The van der Waals surface area contributed by atoms with E-state index in [1.54, 1.807) is 12.3 Å². The van der Waals surface area contributed by atoms with Crippen molar-refractivity contribution in [3.8, 4) is 6.07 Å². The van der Waals surface area contributed by atoms with Gasteiger partial charge in [-0.3, -0.25) is 4.90 Å². The van der Waals surface area contributed by atoms with Gasteiger partial charge in [0.25, 0.3) is 0 Å². The molecular formula is C32H35F3N4OS. The number of nitriles is 1. The second-order valence-electron chi connectivity index (χ2n) is 11.7. The molecule has 0 amide bonds. The fourth-order valence-electron chi connectivity index (χ4n) is 6.41. The SMILES string of the molecule is N#CC1=Cc2cc(CN3CCC(Nc4c(COCC5CCCC5)cnc5sc(CC(F)(F)F)cc45)CC3)ccc2C1. The van der Waals surface area contributed by atoms with Gasteiger partial charge in [-0.15, -0.1) is 11.3 Å². The Kier molecular flexibility index (Phi) is 8.34. The number of likely N-dealkylation sites (tertiary alicyclic amines) is 1. The number of hydrogen-bond donors (Lipinski definition) is 1. The average Bonchev–Trinajstić information content (AvgIpc) is 3.69. The summed E-state index contributed by atoms with van der Waals surface area (Å²) in [4.78, 5) is 7.90. The largest absolute Gasteiger partial charge is 0.393 e. The van der Waals surface area contributed by atoms with Gasteiger partial charge >= 0.3 is 6.18 Å². The first-order valence-corrected chi connectivity index (χ1v) is 15.4. The zero-order valence-electron chi connectivity index (χ0n) is 23.1. The molecule has 0 spiro atoms. The van der Waals surface area contributed by atoms with Crippen molar-refractivity contribution in [1.82, 2.24) is 9.88 Å². The molecule has 1 saturated carbocycles. The number of halogens is 3. The zero-order chi connectivity index (χ0) is 28.4. The Morgan fingerprint density at radius 2 is 1.93 bits per heavy atom. The second-order valence-corrected chi connectivity index (χ2v) is 12.8. The van der Waals surface area contributed by atoms with Crippen LogP contribution in [-0.4, -0.2) is 41.8 Å². The highest BCUT2D eigenvalue weighted by Crippen LogP contribution is 2.37. The maximum atomic E-state index is 13.2. The van der Waals surface area contributed by atoms with Gasteiger partial charge in [0.1, 0.15) is 4.83 Å². The Hall–Kier alpha value is -2.93. The number of allylic oxidation sites excluding steroid dienone is 1. The Morgan fingerprint density at radius 3 is 2.68 bits per heavy atom. The number of alkyl halides is 3. The highest BCUT2D eigenvalue weighted by molar-refractivity contribution is 7.18. The molecule has 1 saturated heterocycles. The molecule has 1 aliphatic heterocycles. The van der Waals surface area contributed by atoms with Crippen LogP contribution in [0, 0.1) is 17.2 Å². The molecule has 3 aliphatic rings. The van der Waals surface area contributed by atoms with Gasteiger partial charge in [-0.1, -0.05) is 31.0 Å². The van der Waals surface area contributed by atoms with Gasteiger partial charge in [0.2, 0.25) is 0 Å². The maximum Gasteiger partial charge on any atom is 0.393 e. The van der Waals surface area contributed by atoms with E-state index in [4.69, 9.17) is 4.74 Å². The summed E-state index contributed by atoms with van der Waals surface area (Å²) in [5.41, 5.74) is 6.22. The molecule has 9 heteroatoms. The Bertz CT molecular complexity index is 1460. The number of nitrogens with one attached hydrogen (secondary N) is 1. The van der Waals surface area contributed by atoms with Gasteiger partial charge in [0, 0.05) is 66.3 Å². The van der Waals surface area contributed by atoms with E-state index in [1.807, 2.05) is 6.08 Å². The Balaban J connectivity index is 1.13. The lowest BCUT2D eigenvalue weighted by atomic mass is 10.0. The van der Waals surface area contributed by atoms with Crippen LogP contribution < -0.4 is 5.32 Å². The molecule has 2 aromatic heterocycles. The fraction of sp³-hybridized carbons (Fsp3) is 0.500. The Morgan fingerprint density at radius 1 is 1.12 bits per heavy atom. The molecule has 2 fully saturated rings. The van der Waals surface area contributed by atoms with Crippen LogP contribution in [0.2, 0.25) is 0 Å². The number of fused-ring (bicyclic) bond motifs is 2. The predicted octanol–water partition coefficient (Wildman–Crippen LogP) is 7.65. The third kappa shape index (κ3) is 6.94. The lowest BCUT2D eigenvalue weighted by Crippen LogP contribution is -2.38. The van der Waals surface area contributed by atoms with Crippen LogP contribution in [0.15, 0.2) is 36.0 Å². The van der Waals surface area contributed by atoms with Crippen molar-refractivity contribution >= 4 is 33.3 Å². The summed E-state index contributed by atoms with van der Waals surface area (Å²) in [6.45, 7) is 3.85. The van der Waals surface area contributed by atoms with Crippen LogP contribution in [0.5, 0.6) is 0 Å². The van der Waals surface area contributed by atoms with Crippen LogP contribution in [0.3, 0.4) is 0 Å². The minimum absolute atomic E-state index is 0.220. The summed E-state index contributed by atoms with van der Waals surface area (Å²) < 4.78 is 45.6. The third-order valence-corrected chi connectivity index (χ3v) is 9.60. The summed E-state index contributed by atoms with van der Waals surface area (Å²) in [7, 11) is 0. The number of piperidine rings is 1. The molecule has 0 radical (unpaired) electrons. The van der Waals surface area contributed by atoms with E-state index < -0.39 is 12.6 Å². The fourth-order valence-corrected chi connectivity index (χ4v) is 7.45. The highest BCUT2D eigenvalue weighted by Gasteiger charge is 2.30. The summed E-state index contributed by atoms with van der Waals surface area (Å²) in [6.07, 6.45) is 6.12. The van der Waals surface area contributed by atoms with Gasteiger partial charge in [0.05, 0.1) is 24.8 Å². The number of nitrogens with zero attached hydrogens (tertiary/aromatic N) is 3. The summed E-state index contributed by atoms with van der Waals surface area (Å²) in [5.74, 6) is 0.599. The van der Waals surface area contributed by atoms with E-state index in [0.717, 1.165) is 84.6 Å². The van der Waals surface area contributed by atoms with Crippen molar-refractivity contribution in [2.75, 3.05) is 25.0 Å². The van der Waals surface area contributed by atoms with E-state index in [0.29, 0.717) is 17.4 Å². The summed E-state index contributed by atoms with van der Waals surface area (Å²) in [6, 6.07) is 10.7. The van der Waals surface area contributed by atoms with E-state index in [-0.39, 0.29) is 10.9 Å². The van der Waals surface area contributed by atoms with Gasteiger partial charge in [-0.25, -0.2) is 4.98 Å². The van der Waals surface area contributed by atoms with Crippen molar-refractivity contribution in [2.45, 2.75) is 76.7 Å². The highest BCUT2D eigenvalue weighted by atomic mass is 32.1. The number of anilines is 1. The van der Waals surface area contributed by atoms with Gasteiger partial charge in [0.15, 0.2) is 0 Å². The minimum atomic E-state index is -4.25. The molecule has 1 aromatic carbocycles. The van der Waals surface area contributed by atoms with E-state index in [9.17, 15) is 18.4 Å². The monoisotopic (exact) mass is 580 g/mol. The van der Waals surface area contributed by atoms with Crippen LogP contribution in [0.1, 0.15) is 65.7 Å². The lowest BCUT2D eigenvalue weighted by Gasteiger charge is -2.33. The van der Waals surface area contributed by atoms with Crippen molar-refractivity contribution in [1.29, 1.82) is 5.26 Å².